The summed E-state index contributed by atoms with van der Waals surface area (Å²) in [7, 11) is 0. The lowest BCUT2D eigenvalue weighted by atomic mass is 9.85. The van der Waals surface area contributed by atoms with Gasteiger partial charge in [-0.1, -0.05) is 18.2 Å². The number of carbonyl (C=O) groups excluding carboxylic acids is 1. The molecule has 1 N–H and O–H groups in total. The van der Waals surface area contributed by atoms with Crippen LogP contribution in [0.15, 0.2) is 24.3 Å². The van der Waals surface area contributed by atoms with Crippen molar-refractivity contribution in [1.82, 2.24) is 4.90 Å². The van der Waals surface area contributed by atoms with E-state index < -0.39 is 11.7 Å². The Bertz CT molecular complexity index is 512. The van der Waals surface area contributed by atoms with E-state index in [0.717, 1.165) is 17.7 Å². The zero-order valence-corrected chi connectivity index (χ0v) is 11.3. The molecule has 0 aliphatic carbocycles. The van der Waals surface area contributed by atoms with Crippen LogP contribution >= 0.6 is 0 Å². The maximum absolute atomic E-state index is 12.0. The highest BCUT2D eigenvalue weighted by molar-refractivity contribution is 5.79. The molecule has 1 aromatic rings. The molecule has 1 unspecified atom stereocenters. The van der Waals surface area contributed by atoms with Gasteiger partial charge >= 0.3 is 0 Å². The van der Waals surface area contributed by atoms with E-state index in [9.17, 15) is 9.90 Å². The number of ether oxygens (including phenoxy) is 1. The average molecular weight is 261 g/mol. The first-order valence-electron chi connectivity index (χ1n) is 6.76. The number of aliphatic hydroxyl groups excluding tert-OH is 1. The van der Waals surface area contributed by atoms with Crippen molar-refractivity contribution in [3.63, 3.8) is 0 Å². The smallest absolute Gasteiger partial charge is 0.223 e. The third-order valence-corrected chi connectivity index (χ3v) is 4.07. The summed E-state index contributed by atoms with van der Waals surface area (Å²) >= 11 is 0. The van der Waals surface area contributed by atoms with Gasteiger partial charge in [0.1, 0.15) is 17.5 Å². The van der Waals surface area contributed by atoms with E-state index >= 15 is 0 Å². The fraction of sp³-hybridized carbons (Fsp3) is 0.533. The maximum Gasteiger partial charge on any atom is 0.223 e. The fourth-order valence-corrected chi connectivity index (χ4v) is 3.01. The molecule has 1 saturated heterocycles. The van der Waals surface area contributed by atoms with Gasteiger partial charge in [0.05, 0.1) is 6.04 Å². The van der Waals surface area contributed by atoms with E-state index in [1.807, 2.05) is 38.1 Å². The molecular formula is C15H19NO3. The van der Waals surface area contributed by atoms with Gasteiger partial charge in [0.15, 0.2) is 0 Å². The lowest BCUT2D eigenvalue weighted by Gasteiger charge is -2.45. The van der Waals surface area contributed by atoms with Crippen molar-refractivity contribution in [2.75, 3.05) is 6.54 Å². The van der Waals surface area contributed by atoms with Crippen molar-refractivity contribution in [2.45, 2.75) is 44.4 Å². The molecule has 3 rings (SSSR count). The van der Waals surface area contributed by atoms with Crippen LogP contribution in [0.2, 0.25) is 0 Å². The minimum absolute atomic E-state index is 0.122. The Labute approximate surface area is 113 Å². The van der Waals surface area contributed by atoms with Crippen LogP contribution in [-0.4, -0.2) is 34.2 Å². The number of hydrogen-bond donors (Lipinski definition) is 1. The van der Waals surface area contributed by atoms with E-state index in [4.69, 9.17) is 4.74 Å². The number of benzene rings is 1. The Morgan fingerprint density at radius 3 is 2.79 bits per heavy atom. The van der Waals surface area contributed by atoms with Crippen molar-refractivity contribution in [1.29, 1.82) is 0 Å². The van der Waals surface area contributed by atoms with Gasteiger partial charge in [0.2, 0.25) is 5.91 Å². The van der Waals surface area contributed by atoms with E-state index in [2.05, 4.69) is 0 Å². The quantitative estimate of drug-likeness (QED) is 0.839. The monoisotopic (exact) mass is 261 g/mol. The maximum atomic E-state index is 12.0. The number of likely N-dealkylation sites (tertiary alicyclic amines) is 1. The Hall–Kier alpha value is -1.55. The van der Waals surface area contributed by atoms with Crippen molar-refractivity contribution < 1.29 is 14.6 Å². The molecule has 4 nitrogen and oxygen atoms in total. The van der Waals surface area contributed by atoms with Crippen LogP contribution in [0.5, 0.6) is 5.75 Å². The zero-order chi connectivity index (χ0) is 13.6. The molecule has 2 heterocycles. The molecule has 2 aliphatic rings. The highest BCUT2D eigenvalue weighted by Gasteiger charge is 2.47. The third kappa shape index (κ3) is 1.91. The number of fused-ring (bicyclic) bond motifs is 1. The van der Waals surface area contributed by atoms with Crippen LogP contribution in [0.1, 0.15) is 38.3 Å². The number of hydrogen-bond acceptors (Lipinski definition) is 3. The molecule has 1 aromatic carbocycles. The van der Waals surface area contributed by atoms with Crippen LogP contribution in [0.3, 0.4) is 0 Å². The SMILES string of the molecule is CC1(C)Oc2ccccc2C(N2CCCC2=O)[C@@H]1O. The number of aliphatic hydroxyl groups is 1. The molecule has 4 heteroatoms. The second-order valence-electron chi connectivity index (χ2n) is 5.82. The molecular weight excluding hydrogens is 242 g/mol. The van der Waals surface area contributed by atoms with E-state index in [0.29, 0.717) is 13.0 Å². The minimum Gasteiger partial charge on any atom is -0.485 e. The summed E-state index contributed by atoms with van der Waals surface area (Å²) in [5, 5.41) is 10.6. The minimum atomic E-state index is -0.718. The van der Waals surface area contributed by atoms with Crippen LogP contribution in [0.4, 0.5) is 0 Å². The Balaban J connectivity index is 2.08. The molecule has 0 spiro atoms. The van der Waals surface area contributed by atoms with Crippen molar-refractivity contribution in [3.8, 4) is 5.75 Å². The summed E-state index contributed by atoms with van der Waals surface area (Å²) in [6, 6.07) is 7.37. The van der Waals surface area contributed by atoms with Crippen molar-refractivity contribution >= 4 is 5.91 Å². The number of rotatable bonds is 1. The first-order chi connectivity index (χ1) is 9.00. The topological polar surface area (TPSA) is 49.8 Å². The van der Waals surface area contributed by atoms with Gasteiger partial charge in [-0.3, -0.25) is 4.79 Å². The van der Waals surface area contributed by atoms with Crippen LogP contribution in [0, 0.1) is 0 Å². The number of amides is 1. The van der Waals surface area contributed by atoms with Crippen LogP contribution < -0.4 is 4.74 Å². The first-order valence-corrected chi connectivity index (χ1v) is 6.76. The van der Waals surface area contributed by atoms with Gasteiger partial charge in [-0.15, -0.1) is 0 Å². The van der Waals surface area contributed by atoms with E-state index in [1.165, 1.54) is 0 Å². The predicted molar refractivity (Wildman–Crippen MR) is 70.8 cm³/mol. The molecule has 102 valence electrons. The molecule has 1 amide bonds. The highest BCUT2D eigenvalue weighted by atomic mass is 16.5. The largest absolute Gasteiger partial charge is 0.485 e. The summed E-state index contributed by atoms with van der Waals surface area (Å²) in [5.41, 5.74) is 0.214. The summed E-state index contributed by atoms with van der Waals surface area (Å²) in [4.78, 5) is 13.8. The Kier molecular flexibility index (Phi) is 2.78. The molecule has 0 aromatic heterocycles. The molecule has 0 radical (unpaired) electrons. The summed E-state index contributed by atoms with van der Waals surface area (Å²) in [6.07, 6.45) is 0.725. The lowest BCUT2D eigenvalue weighted by Crippen LogP contribution is -2.53. The molecule has 2 aliphatic heterocycles. The van der Waals surface area contributed by atoms with Gasteiger partial charge in [-0.05, 0) is 26.3 Å². The van der Waals surface area contributed by atoms with Gasteiger partial charge in [-0.25, -0.2) is 0 Å². The molecule has 0 bridgehead atoms. The summed E-state index contributed by atoms with van der Waals surface area (Å²) in [5.74, 6) is 0.888. The number of carbonyl (C=O) groups is 1. The Morgan fingerprint density at radius 1 is 1.37 bits per heavy atom. The second kappa shape index (κ2) is 4.23. The lowest BCUT2D eigenvalue weighted by molar-refractivity contribution is -0.139. The van der Waals surface area contributed by atoms with E-state index in [-0.39, 0.29) is 11.9 Å². The van der Waals surface area contributed by atoms with Crippen molar-refractivity contribution in [3.05, 3.63) is 29.8 Å². The summed E-state index contributed by atoms with van der Waals surface area (Å²) < 4.78 is 5.87. The van der Waals surface area contributed by atoms with Gasteiger partial charge in [0.25, 0.3) is 0 Å². The van der Waals surface area contributed by atoms with Crippen LogP contribution in [-0.2, 0) is 4.79 Å². The zero-order valence-electron chi connectivity index (χ0n) is 11.3. The number of nitrogens with zero attached hydrogens (tertiary/aromatic N) is 1. The molecule has 2 atom stereocenters. The van der Waals surface area contributed by atoms with E-state index in [1.54, 1.807) is 4.90 Å². The first kappa shape index (κ1) is 12.5. The highest BCUT2D eigenvalue weighted by Crippen LogP contribution is 2.43. The summed E-state index contributed by atoms with van der Waals surface area (Å²) in [6.45, 7) is 4.44. The average Bonchev–Trinajstić information content (AvgIpc) is 2.77. The standard InChI is InChI=1S/C15H19NO3/c1-15(2)14(18)13(16-9-5-8-12(16)17)10-6-3-4-7-11(10)19-15/h3-4,6-7,13-14,18H,5,8-9H2,1-2H3/t13?,14-/m0/s1. The fourth-order valence-electron chi connectivity index (χ4n) is 3.01. The van der Waals surface area contributed by atoms with Gasteiger partial charge in [0, 0.05) is 18.5 Å². The van der Waals surface area contributed by atoms with Gasteiger partial charge in [-0.2, -0.15) is 0 Å². The number of para-hydroxylation sites is 1. The second-order valence-corrected chi connectivity index (χ2v) is 5.82. The van der Waals surface area contributed by atoms with Gasteiger partial charge < -0.3 is 14.7 Å². The van der Waals surface area contributed by atoms with Crippen molar-refractivity contribution in [2.24, 2.45) is 0 Å². The normalized spacial score (nSPS) is 29.0. The third-order valence-electron chi connectivity index (χ3n) is 4.07. The Morgan fingerprint density at radius 2 is 2.11 bits per heavy atom. The molecule has 1 fully saturated rings. The molecule has 19 heavy (non-hydrogen) atoms. The predicted octanol–water partition coefficient (Wildman–Crippen LogP) is 1.88. The molecule has 0 saturated carbocycles. The van der Waals surface area contributed by atoms with Crippen LogP contribution in [0.25, 0.3) is 0 Å².